The first kappa shape index (κ1) is 14.3. The first-order valence-electron chi connectivity index (χ1n) is 7.00. The van der Waals surface area contributed by atoms with Crippen molar-refractivity contribution in [3.05, 3.63) is 71.3 Å². The van der Waals surface area contributed by atoms with Crippen molar-refractivity contribution in [2.24, 2.45) is 10.8 Å². The van der Waals surface area contributed by atoms with Crippen molar-refractivity contribution in [2.45, 2.75) is 5.92 Å². The van der Waals surface area contributed by atoms with E-state index >= 15 is 0 Å². The molecule has 1 atom stereocenters. The van der Waals surface area contributed by atoms with Gasteiger partial charge in [-0.1, -0.05) is 54.6 Å². The molecule has 4 heteroatoms. The largest absolute Gasteiger partial charge is 0.198 e. The lowest BCUT2D eigenvalue weighted by Crippen LogP contribution is -2.57. The molecule has 0 aromatic heterocycles. The van der Waals surface area contributed by atoms with Crippen LogP contribution in [0.25, 0.3) is 0 Å². The number of rotatable bonds is 1. The van der Waals surface area contributed by atoms with E-state index in [0.29, 0.717) is 5.57 Å². The van der Waals surface area contributed by atoms with Crippen LogP contribution >= 0.6 is 0 Å². The molecule has 2 aliphatic carbocycles. The minimum Gasteiger partial charge on any atom is -0.196 e. The SMILES string of the molecule is N#CC1(C#N)C(=C2C=CC=C2)C(c2ccccc2)C1(C#N)C#N. The van der Waals surface area contributed by atoms with Gasteiger partial charge in [0.1, 0.15) is 0 Å². The number of hydrogen-bond donors (Lipinski definition) is 0. The summed E-state index contributed by atoms with van der Waals surface area (Å²) >= 11 is 0. The van der Waals surface area contributed by atoms with Crippen LogP contribution in [-0.4, -0.2) is 0 Å². The highest BCUT2D eigenvalue weighted by Crippen LogP contribution is 2.68. The molecule has 1 unspecified atom stereocenters. The molecule has 0 radical (unpaired) electrons. The van der Waals surface area contributed by atoms with Crippen LogP contribution in [0.4, 0.5) is 0 Å². The zero-order chi connectivity index (χ0) is 16.5. The normalized spacial score (nSPS) is 22.3. The Hall–Kier alpha value is -3.60. The second-order valence-corrected chi connectivity index (χ2v) is 5.44. The molecule has 0 N–H and O–H groups in total. The van der Waals surface area contributed by atoms with Gasteiger partial charge in [0.05, 0.1) is 24.3 Å². The molecule has 1 aromatic carbocycles. The van der Waals surface area contributed by atoms with Gasteiger partial charge in [-0.3, -0.25) is 0 Å². The second-order valence-electron chi connectivity index (χ2n) is 5.44. The van der Waals surface area contributed by atoms with Crippen molar-refractivity contribution in [2.75, 3.05) is 0 Å². The minimum atomic E-state index is -1.76. The van der Waals surface area contributed by atoms with Crippen molar-refractivity contribution in [1.82, 2.24) is 0 Å². The zero-order valence-corrected chi connectivity index (χ0v) is 12.1. The van der Waals surface area contributed by atoms with Crippen LogP contribution in [0.3, 0.4) is 0 Å². The van der Waals surface area contributed by atoms with Crippen molar-refractivity contribution in [3.63, 3.8) is 0 Å². The third-order valence-corrected chi connectivity index (χ3v) is 4.51. The lowest BCUT2D eigenvalue weighted by molar-refractivity contribution is 0.192. The highest BCUT2D eigenvalue weighted by atomic mass is 14.7. The highest BCUT2D eigenvalue weighted by molar-refractivity contribution is 5.67. The van der Waals surface area contributed by atoms with E-state index in [2.05, 4.69) is 0 Å². The zero-order valence-electron chi connectivity index (χ0n) is 12.1. The number of allylic oxidation sites excluding steroid dienone is 6. The number of hydrogen-bond acceptors (Lipinski definition) is 4. The molecule has 0 aliphatic heterocycles. The average Bonchev–Trinajstić information content (AvgIpc) is 3.11. The third-order valence-electron chi connectivity index (χ3n) is 4.51. The first-order valence-corrected chi connectivity index (χ1v) is 7.00. The second kappa shape index (κ2) is 4.99. The summed E-state index contributed by atoms with van der Waals surface area (Å²) in [6.45, 7) is 0. The van der Waals surface area contributed by atoms with Crippen LogP contribution in [0.2, 0.25) is 0 Å². The van der Waals surface area contributed by atoms with Crippen molar-refractivity contribution >= 4 is 0 Å². The molecule has 1 aromatic rings. The number of nitrogens with zero attached hydrogens (tertiary/aromatic N) is 4. The number of nitriles is 4. The van der Waals surface area contributed by atoms with Gasteiger partial charge in [0.25, 0.3) is 0 Å². The summed E-state index contributed by atoms with van der Waals surface area (Å²) in [7, 11) is 0. The van der Waals surface area contributed by atoms with Gasteiger partial charge in [0, 0.05) is 5.92 Å². The van der Waals surface area contributed by atoms with E-state index in [4.69, 9.17) is 0 Å². The maximum Gasteiger partial charge on any atom is 0.198 e. The van der Waals surface area contributed by atoms with Gasteiger partial charge in [-0.2, -0.15) is 21.0 Å². The fourth-order valence-electron chi connectivity index (χ4n) is 3.43. The van der Waals surface area contributed by atoms with Crippen molar-refractivity contribution in [1.29, 1.82) is 21.0 Å². The van der Waals surface area contributed by atoms with E-state index in [1.54, 1.807) is 12.2 Å². The van der Waals surface area contributed by atoms with Gasteiger partial charge in [0.2, 0.25) is 0 Å². The predicted molar refractivity (Wildman–Crippen MR) is 81.8 cm³/mol. The van der Waals surface area contributed by atoms with Crippen LogP contribution in [0.1, 0.15) is 11.5 Å². The topological polar surface area (TPSA) is 95.2 Å². The van der Waals surface area contributed by atoms with Crippen LogP contribution in [0.5, 0.6) is 0 Å². The molecule has 4 nitrogen and oxygen atoms in total. The molecule has 0 bridgehead atoms. The molecule has 106 valence electrons. The van der Waals surface area contributed by atoms with E-state index < -0.39 is 16.7 Å². The molecule has 0 heterocycles. The van der Waals surface area contributed by atoms with Gasteiger partial charge in [-0.05, 0) is 16.7 Å². The molecular weight excluding hydrogens is 284 g/mol. The summed E-state index contributed by atoms with van der Waals surface area (Å²) < 4.78 is 0. The Morgan fingerprint density at radius 2 is 1.35 bits per heavy atom. The van der Waals surface area contributed by atoms with E-state index in [1.807, 2.05) is 66.8 Å². The molecular formula is C19H10N4. The van der Waals surface area contributed by atoms with Gasteiger partial charge in [0.15, 0.2) is 10.8 Å². The first-order chi connectivity index (χ1) is 11.2. The molecule has 1 fully saturated rings. The lowest BCUT2D eigenvalue weighted by Gasteiger charge is -2.52. The fraction of sp³-hybridized carbons (Fsp3) is 0.158. The molecule has 0 amide bonds. The Kier molecular flexibility index (Phi) is 3.11. The quantitative estimate of drug-likeness (QED) is 0.794. The van der Waals surface area contributed by atoms with Gasteiger partial charge in [-0.25, -0.2) is 0 Å². The summed E-state index contributed by atoms with van der Waals surface area (Å²) in [4.78, 5) is 0. The van der Waals surface area contributed by atoms with Gasteiger partial charge in [-0.15, -0.1) is 0 Å². The smallest absolute Gasteiger partial charge is 0.196 e. The van der Waals surface area contributed by atoms with Crippen LogP contribution in [0.15, 0.2) is 65.8 Å². The highest BCUT2D eigenvalue weighted by Gasteiger charge is 2.73. The lowest BCUT2D eigenvalue weighted by atomic mass is 9.40. The summed E-state index contributed by atoms with van der Waals surface area (Å²) in [5.41, 5.74) is -1.46. The Balaban J connectivity index is 2.36. The van der Waals surface area contributed by atoms with E-state index in [0.717, 1.165) is 11.1 Å². The molecule has 0 spiro atoms. The summed E-state index contributed by atoms with van der Waals surface area (Å²) in [5.74, 6) is -0.597. The van der Waals surface area contributed by atoms with Crippen LogP contribution < -0.4 is 0 Å². The maximum absolute atomic E-state index is 9.69. The van der Waals surface area contributed by atoms with Crippen LogP contribution in [-0.2, 0) is 0 Å². The monoisotopic (exact) mass is 294 g/mol. The minimum absolute atomic E-state index is 0.529. The van der Waals surface area contributed by atoms with Gasteiger partial charge < -0.3 is 0 Å². The van der Waals surface area contributed by atoms with Gasteiger partial charge >= 0.3 is 0 Å². The summed E-state index contributed by atoms with van der Waals surface area (Å²) in [6.07, 6.45) is 7.21. The summed E-state index contributed by atoms with van der Waals surface area (Å²) in [6, 6.07) is 16.9. The predicted octanol–water partition coefficient (Wildman–Crippen LogP) is 3.27. The molecule has 2 aliphatic rings. The Labute approximate surface area is 134 Å². The van der Waals surface area contributed by atoms with E-state index in [1.165, 1.54) is 0 Å². The average molecular weight is 294 g/mol. The molecule has 23 heavy (non-hydrogen) atoms. The van der Waals surface area contributed by atoms with Crippen molar-refractivity contribution < 1.29 is 0 Å². The molecule has 3 rings (SSSR count). The Bertz CT molecular complexity index is 879. The fourth-order valence-corrected chi connectivity index (χ4v) is 3.43. The Morgan fingerprint density at radius 1 is 0.783 bits per heavy atom. The van der Waals surface area contributed by atoms with E-state index in [9.17, 15) is 21.0 Å². The molecule has 0 saturated heterocycles. The summed E-state index contributed by atoms with van der Waals surface area (Å²) in [5, 5.41) is 38.7. The van der Waals surface area contributed by atoms with E-state index in [-0.39, 0.29) is 0 Å². The number of benzene rings is 1. The van der Waals surface area contributed by atoms with Crippen LogP contribution in [0, 0.1) is 56.2 Å². The standard InChI is InChI=1S/C19H10N4/c20-10-18(11-21)16(14-6-2-1-3-7-14)17(15-8-4-5-9-15)19(18,12-22)13-23/h1-9,16H. The van der Waals surface area contributed by atoms with Crippen molar-refractivity contribution in [3.8, 4) is 24.3 Å². The maximum atomic E-state index is 9.69. The molecule has 1 saturated carbocycles. The Morgan fingerprint density at radius 3 is 1.83 bits per heavy atom. The third kappa shape index (κ3) is 1.56.